The zero-order chi connectivity index (χ0) is 8.43. The lowest BCUT2D eigenvalue weighted by molar-refractivity contribution is 0.615. The van der Waals surface area contributed by atoms with Gasteiger partial charge in [-0.3, -0.25) is 0 Å². The van der Waals surface area contributed by atoms with E-state index >= 15 is 0 Å². The minimum Gasteiger partial charge on any atom is -0.206 e. The minimum atomic E-state index is -0.338. The van der Waals surface area contributed by atoms with Gasteiger partial charge in [0.15, 0.2) is 0 Å². The highest BCUT2D eigenvalue weighted by Crippen LogP contribution is 2.22. The number of benzene rings is 1. The molecule has 0 aromatic heterocycles. The van der Waals surface area contributed by atoms with E-state index in [0.29, 0.717) is 14.0 Å². The molecule has 1 aromatic rings. The summed E-state index contributed by atoms with van der Waals surface area (Å²) >= 11 is 5.81. The maximum Gasteiger partial charge on any atom is 0.137 e. The highest BCUT2D eigenvalue weighted by molar-refractivity contribution is 14.1. The molecule has 0 atom stereocenters. The van der Waals surface area contributed by atoms with Gasteiger partial charge in [0.05, 0.1) is 9.13 Å². The second-order valence-electron chi connectivity index (χ2n) is 1.87. The SMILES string of the molecule is N#Cc1ccc(F)c(I)c1S. The van der Waals surface area contributed by atoms with Crippen molar-refractivity contribution in [3.63, 3.8) is 0 Å². The van der Waals surface area contributed by atoms with E-state index in [9.17, 15) is 4.39 Å². The largest absolute Gasteiger partial charge is 0.206 e. The predicted octanol–water partition coefficient (Wildman–Crippen LogP) is 2.59. The summed E-state index contributed by atoms with van der Waals surface area (Å²) in [4.78, 5) is 0.410. The van der Waals surface area contributed by atoms with Gasteiger partial charge < -0.3 is 0 Å². The number of nitrogens with zero attached hydrogens (tertiary/aromatic N) is 1. The normalized spacial score (nSPS) is 9.27. The van der Waals surface area contributed by atoms with Gasteiger partial charge in [0.25, 0.3) is 0 Å². The molecule has 0 saturated carbocycles. The molecule has 1 nitrogen and oxygen atoms in total. The van der Waals surface area contributed by atoms with Crippen molar-refractivity contribution < 1.29 is 4.39 Å². The number of hydrogen-bond donors (Lipinski definition) is 1. The van der Waals surface area contributed by atoms with Crippen molar-refractivity contribution in [3.8, 4) is 6.07 Å². The molecule has 0 radical (unpaired) electrons. The minimum absolute atomic E-state index is 0.338. The summed E-state index contributed by atoms with van der Waals surface area (Å²) in [7, 11) is 0. The molecule has 1 rings (SSSR count). The summed E-state index contributed by atoms with van der Waals surface area (Å²) in [6.07, 6.45) is 0. The van der Waals surface area contributed by atoms with Crippen LogP contribution in [0.25, 0.3) is 0 Å². The van der Waals surface area contributed by atoms with Gasteiger partial charge in [-0.2, -0.15) is 5.26 Å². The molecule has 56 valence electrons. The van der Waals surface area contributed by atoms with Gasteiger partial charge in [-0.05, 0) is 34.7 Å². The summed E-state index contributed by atoms with van der Waals surface area (Å²) in [5, 5.41) is 8.51. The Bertz CT molecular complexity index is 332. The van der Waals surface area contributed by atoms with Crippen molar-refractivity contribution in [1.29, 1.82) is 5.26 Å². The summed E-state index contributed by atoms with van der Waals surface area (Å²) in [6, 6.07) is 4.60. The first-order valence-electron chi connectivity index (χ1n) is 2.74. The van der Waals surface area contributed by atoms with Gasteiger partial charge in [-0.25, -0.2) is 4.39 Å². The molecule has 0 aliphatic rings. The zero-order valence-electron chi connectivity index (χ0n) is 5.31. The van der Waals surface area contributed by atoms with Crippen LogP contribution < -0.4 is 0 Å². The second-order valence-corrected chi connectivity index (χ2v) is 3.40. The average molecular weight is 279 g/mol. The lowest BCUT2D eigenvalue weighted by Gasteiger charge is -1.99. The first-order valence-corrected chi connectivity index (χ1v) is 4.26. The first-order chi connectivity index (χ1) is 5.16. The van der Waals surface area contributed by atoms with Gasteiger partial charge >= 0.3 is 0 Å². The van der Waals surface area contributed by atoms with Gasteiger partial charge in [0.1, 0.15) is 11.9 Å². The van der Waals surface area contributed by atoms with Crippen molar-refractivity contribution in [1.82, 2.24) is 0 Å². The van der Waals surface area contributed by atoms with E-state index in [1.54, 1.807) is 0 Å². The van der Waals surface area contributed by atoms with Crippen molar-refractivity contribution in [3.05, 3.63) is 27.1 Å². The van der Waals surface area contributed by atoms with Crippen LogP contribution in [0.4, 0.5) is 4.39 Å². The summed E-state index contributed by atoms with van der Waals surface area (Å²) in [6.45, 7) is 0. The Kier molecular flexibility index (Phi) is 2.73. The topological polar surface area (TPSA) is 23.8 Å². The first kappa shape index (κ1) is 8.81. The molecular formula is C7H3FINS. The maximum atomic E-state index is 12.7. The van der Waals surface area contributed by atoms with Crippen molar-refractivity contribution in [2.75, 3.05) is 0 Å². The van der Waals surface area contributed by atoms with Crippen LogP contribution in [0.3, 0.4) is 0 Å². The molecule has 0 unspecified atom stereocenters. The maximum absolute atomic E-state index is 12.7. The van der Waals surface area contributed by atoms with Crippen molar-refractivity contribution in [2.24, 2.45) is 0 Å². The lowest BCUT2D eigenvalue weighted by atomic mass is 10.2. The molecule has 0 amide bonds. The quantitative estimate of drug-likeness (QED) is 0.572. The molecule has 0 spiro atoms. The third-order valence-electron chi connectivity index (χ3n) is 1.19. The molecule has 0 bridgehead atoms. The van der Waals surface area contributed by atoms with Crippen LogP contribution in [0.15, 0.2) is 17.0 Å². The summed E-state index contributed by atoms with van der Waals surface area (Å²) in [5.41, 5.74) is 0.402. The Hall–Kier alpha value is -0.280. The molecule has 0 saturated heterocycles. The van der Waals surface area contributed by atoms with Gasteiger partial charge in [0.2, 0.25) is 0 Å². The summed E-state index contributed by atoms with van der Waals surface area (Å²) in [5.74, 6) is -0.338. The van der Waals surface area contributed by atoms with E-state index in [1.807, 2.05) is 28.7 Å². The third-order valence-corrected chi connectivity index (χ3v) is 3.14. The van der Waals surface area contributed by atoms with E-state index in [2.05, 4.69) is 12.6 Å². The van der Waals surface area contributed by atoms with E-state index in [0.717, 1.165) is 0 Å². The fourth-order valence-corrected chi connectivity index (χ4v) is 1.33. The molecule has 11 heavy (non-hydrogen) atoms. The third kappa shape index (κ3) is 1.65. The average Bonchev–Trinajstić information content (AvgIpc) is 2.01. The van der Waals surface area contributed by atoms with Crippen LogP contribution in [-0.4, -0.2) is 0 Å². The Morgan fingerprint density at radius 1 is 1.55 bits per heavy atom. The number of thiol groups is 1. The Morgan fingerprint density at radius 3 is 2.73 bits per heavy atom. The molecule has 0 heterocycles. The van der Waals surface area contributed by atoms with Crippen molar-refractivity contribution in [2.45, 2.75) is 4.90 Å². The zero-order valence-corrected chi connectivity index (χ0v) is 8.36. The summed E-state index contributed by atoms with van der Waals surface area (Å²) < 4.78 is 13.1. The van der Waals surface area contributed by atoms with E-state index in [1.165, 1.54) is 12.1 Å². The fraction of sp³-hybridized carbons (Fsp3) is 0. The molecular weight excluding hydrogens is 276 g/mol. The van der Waals surface area contributed by atoms with E-state index in [-0.39, 0.29) is 5.82 Å². The standard InChI is InChI=1S/C7H3FINS/c8-5-2-1-4(3-10)7(11)6(5)9/h1-2,11H. The predicted molar refractivity (Wildman–Crippen MR) is 51.1 cm³/mol. The fourth-order valence-electron chi connectivity index (χ4n) is 0.630. The van der Waals surface area contributed by atoms with Crippen LogP contribution in [-0.2, 0) is 0 Å². The van der Waals surface area contributed by atoms with Crippen molar-refractivity contribution >= 4 is 35.2 Å². The number of nitriles is 1. The molecule has 4 heteroatoms. The van der Waals surface area contributed by atoms with Gasteiger partial charge in [-0.1, -0.05) is 0 Å². The number of halogens is 2. The number of hydrogen-bond acceptors (Lipinski definition) is 2. The molecule has 0 aliphatic heterocycles. The van der Waals surface area contributed by atoms with E-state index < -0.39 is 0 Å². The monoisotopic (exact) mass is 279 g/mol. The molecule has 1 aromatic carbocycles. The Labute approximate surface area is 82.8 Å². The van der Waals surface area contributed by atoms with Crippen LogP contribution in [0.2, 0.25) is 0 Å². The smallest absolute Gasteiger partial charge is 0.137 e. The Morgan fingerprint density at radius 2 is 2.18 bits per heavy atom. The van der Waals surface area contributed by atoms with Crippen LogP contribution in [0.1, 0.15) is 5.56 Å². The number of rotatable bonds is 0. The van der Waals surface area contributed by atoms with Crippen LogP contribution >= 0.6 is 35.2 Å². The van der Waals surface area contributed by atoms with Gasteiger partial charge in [-0.15, -0.1) is 12.6 Å². The van der Waals surface area contributed by atoms with Gasteiger partial charge in [0, 0.05) is 4.90 Å². The van der Waals surface area contributed by atoms with Crippen LogP contribution in [0.5, 0.6) is 0 Å². The molecule has 0 fully saturated rings. The Balaban J connectivity index is 3.40. The van der Waals surface area contributed by atoms with Crippen LogP contribution in [0, 0.1) is 20.7 Å². The second kappa shape index (κ2) is 3.41. The molecule has 0 aliphatic carbocycles. The lowest BCUT2D eigenvalue weighted by Crippen LogP contribution is -1.87. The van der Waals surface area contributed by atoms with E-state index in [4.69, 9.17) is 5.26 Å². The molecule has 0 N–H and O–H groups in total. The highest BCUT2D eigenvalue weighted by atomic mass is 127. The highest BCUT2D eigenvalue weighted by Gasteiger charge is 2.06.